The zero-order valence-corrected chi connectivity index (χ0v) is 8.71. The number of ether oxygens (including phenoxy) is 2. The molecule has 0 radical (unpaired) electrons. The largest absolute Gasteiger partial charge is 0.465 e. The highest BCUT2D eigenvalue weighted by Gasteiger charge is 2.05. The van der Waals surface area contributed by atoms with Gasteiger partial charge < -0.3 is 19.6 Å². The molecule has 0 fully saturated rings. The molecule has 0 atom stereocenters. The molecule has 0 aliphatic carbocycles. The standard InChI is InChI=1S/C10H17NO3/c1-8-9(5-10(6-11)14-8)7-13-4-3-12-2/h5H,3-4,6-7,11H2,1-2H3. The fourth-order valence-corrected chi connectivity index (χ4v) is 1.16. The van der Waals surface area contributed by atoms with Crippen molar-refractivity contribution in [3.05, 3.63) is 23.2 Å². The number of hydrogen-bond acceptors (Lipinski definition) is 4. The van der Waals surface area contributed by atoms with Crippen molar-refractivity contribution in [2.24, 2.45) is 5.73 Å². The first-order chi connectivity index (χ1) is 6.77. The first kappa shape index (κ1) is 11.2. The van der Waals surface area contributed by atoms with Gasteiger partial charge in [-0.25, -0.2) is 0 Å². The maximum atomic E-state index is 5.45. The second-order valence-corrected chi connectivity index (χ2v) is 3.04. The summed E-state index contributed by atoms with van der Waals surface area (Å²) in [5, 5.41) is 0. The summed E-state index contributed by atoms with van der Waals surface area (Å²) in [6.45, 7) is 4.10. The molecule has 1 rings (SSSR count). The van der Waals surface area contributed by atoms with Crippen LogP contribution in [0, 0.1) is 6.92 Å². The minimum atomic E-state index is 0.429. The van der Waals surface area contributed by atoms with Crippen LogP contribution in [0.4, 0.5) is 0 Å². The van der Waals surface area contributed by atoms with Crippen LogP contribution in [0.25, 0.3) is 0 Å². The van der Waals surface area contributed by atoms with Crippen molar-refractivity contribution >= 4 is 0 Å². The Hall–Kier alpha value is -0.840. The molecule has 1 heterocycles. The van der Waals surface area contributed by atoms with Crippen LogP contribution in [-0.2, 0) is 22.6 Å². The van der Waals surface area contributed by atoms with Crippen molar-refractivity contribution < 1.29 is 13.9 Å². The van der Waals surface area contributed by atoms with Crippen LogP contribution in [0.1, 0.15) is 17.1 Å². The van der Waals surface area contributed by atoms with Crippen molar-refractivity contribution in [3.8, 4) is 0 Å². The van der Waals surface area contributed by atoms with Gasteiger partial charge in [0.1, 0.15) is 11.5 Å². The molecule has 0 saturated carbocycles. The Morgan fingerprint density at radius 1 is 1.43 bits per heavy atom. The lowest BCUT2D eigenvalue weighted by Crippen LogP contribution is -2.01. The van der Waals surface area contributed by atoms with Crippen molar-refractivity contribution in [1.82, 2.24) is 0 Å². The van der Waals surface area contributed by atoms with Crippen LogP contribution in [-0.4, -0.2) is 20.3 Å². The van der Waals surface area contributed by atoms with Crippen molar-refractivity contribution in [2.75, 3.05) is 20.3 Å². The summed E-state index contributed by atoms with van der Waals surface area (Å²) in [5.74, 6) is 1.68. The fraction of sp³-hybridized carbons (Fsp3) is 0.600. The van der Waals surface area contributed by atoms with Gasteiger partial charge in [-0.1, -0.05) is 0 Å². The molecule has 0 aliphatic rings. The highest BCUT2D eigenvalue weighted by molar-refractivity contribution is 5.19. The van der Waals surface area contributed by atoms with Gasteiger partial charge in [0, 0.05) is 12.7 Å². The zero-order valence-electron chi connectivity index (χ0n) is 8.71. The molecular weight excluding hydrogens is 182 g/mol. The average Bonchev–Trinajstić information content (AvgIpc) is 2.54. The lowest BCUT2D eigenvalue weighted by Gasteiger charge is -2.01. The normalized spacial score (nSPS) is 10.8. The van der Waals surface area contributed by atoms with Gasteiger partial charge in [0.2, 0.25) is 0 Å². The van der Waals surface area contributed by atoms with Crippen LogP contribution < -0.4 is 5.73 Å². The van der Waals surface area contributed by atoms with Gasteiger partial charge in [-0.15, -0.1) is 0 Å². The minimum Gasteiger partial charge on any atom is -0.465 e. The van der Waals surface area contributed by atoms with E-state index in [1.54, 1.807) is 7.11 Å². The molecule has 14 heavy (non-hydrogen) atoms. The molecule has 0 saturated heterocycles. The second-order valence-electron chi connectivity index (χ2n) is 3.04. The Kier molecular flexibility index (Phi) is 4.65. The zero-order chi connectivity index (χ0) is 10.4. The van der Waals surface area contributed by atoms with Gasteiger partial charge in [-0.05, 0) is 13.0 Å². The van der Waals surface area contributed by atoms with Gasteiger partial charge in [0.05, 0.1) is 26.4 Å². The Bertz CT molecular complexity index is 270. The van der Waals surface area contributed by atoms with E-state index in [2.05, 4.69) is 0 Å². The predicted molar refractivity (Wildman–Crippen MR) is 52.9 cm³/mol. The topological polar surface area (TPSA) is 57.6 Å². The molecule has 2 N–H and O–H groups in total. The summed E-state index contributed by atoms with van der Waals surface area (Å²) in [4.78, 5) is 0. The molecule has 0 aliphatic heterocycles. The number of hydrogen-bond donors (Lipinski definition) is 1. The van der Waals surface area contributed by atoms with E-state index >= 15 is 0 Å². The van der Waals surface area contributed by atoms with Crippen molar-refractivity contribution in [1.29, 1.82) is 0 Å². The van der Waals surface area contributed by atoms with Gasteiger partial charge in [0.25, 0.3) is 0 Å². The molecule has 0 unspecified atom stereocenters. The molecule has 4 heteroatoms. The van der Waals surface area contributed by atoms with Crippen LogP contribution in [0.3, 0.4) is 0 Å². The third-order valence-electron chi connectivity index (χ3n) is 1.96. The van der Waals surface area contributed by atoms with Crippen LogP contribution >= 0.6 is 0 Å². The SMILES string of the molecule is COCCOCc1cc(CN)oc1C. The van der Waals surface area contributed by atoms with Crippen LogP contribution in [0.5, 0.6) is 0 Å². The lowest BCUT2D eigenvalue weighted by molar-refractivity contribution is 0.0611. The predicted octanol–water partition coefficient (Wildman–Crippen LogP) is 1.21. The summed E-state index contributed by atoms with van der Waals surface area (Å²) in [6.07, 6.45) is 0. The summed E-state index contributed by atoms with van der Waals surface area (Å²) in [6, 6.07) is 1.93. The van der Waals surface area contributed by atoms with E-state index in [1.807, 2.05) is 13.0 Å². The number of nitrogens with two attached hydrogens (primary N) is 1. The second kappa shape index (κ2) is 5.80. The van der Waals surface area contributed by atoms with Gasteiger partial charge >= 0.3 is 0 Å². The maximum absolute atomic E-state index is 5.45. The lowest BCUT2D eigenvalue weighted by atomic mass is 10.2. The number of rotatable bonds is 6. The number of methoxy groups -OCH3 is 1. The van der Waals surface area contributed by atoms with E-state index in [9.17, 15) is 0 Å². The van der Waals surface area contributed by atoms with E-state index < -0.39 is 0 Å². The Morgan fingerprint density at radius 2 is 2.21 bits per heavy atom. The molecule has 0 spiro atoms. The molecule has 0 aromatic carbocycles. The first-order valence-corrected chi connectivity index (χ1v) is 4.63. The van der Waals surface area contributed by atoms with E-state index in [-0.39, 0.29) is 0 Å². The summed E-state index contributed by atoms with van der Waals surface area (Å²) < 4.78 is 15.6. The molecule has 4 nitrogen and oxygen atoms in total. The Balaban J connectivity index is 2.38. The van der Waals surface area contributed by atoms with E-state index in [1.165, 1.54) is 0 Å². The molecular formula is C10H17NO3. The molecule has 0 bridgehead atoms. The first-order valence-electron chi connectivity index (χ1n) is 4.63. The summed E-state index contributed by atoms with van der Waals surface area (Å²) in [5.41, 5.74) is 6.51. The molecule has 0 amide bonds. The fourth-order valence-electron chi connectivity index (χ4n) is 1.16. The number of furan rings is 1. The van der Waals surface area contributed by atoms with E-state index in [0.29, 0.717) is 26.4 Å². The number of aryl methyl sites for hydroxylation is 1. The van der Waals surface area contributed by atoms with Gasteiger partial charge in [-0.2, -0.15) is 0 Å². The monoisotopic (exact) mass is 199 g/mol. The summed E-state index contributed by atoms with van der Waals surface area (Å²) in [7, 11) is 1.65. The average molecular weight is 199 g/mol. The quantitative estimate of drug-likeness (QED) is 0.700. The van der Waals surface area contributed by atoms with Crippen molar-refractivity contribution in [3.63, 3.8) is 0 Å². The Labute approximate surface area is 84.0 Å². The highest BCUT2D eigenvalue weighted by Crippen LogP contribution is 2.14. The third-order valence-corrected chi connectivity index (χ3v) is 1.96. The van der Waals surface area contributed by atoms with E-state index in [4.69, 9.17) is 19.6 Å². The third kappa shape index (κ3) is 3.14. The van der Waals surface area contributed by atoms with Crippen LogP contribution in [0.15, 0.2) is 10.5 Å². The van der Waals surface area contributed by atoms with E-state index in [0.717, 1.165) is 17.1 Å². The summed E-state index contributed by atoms with van der Waals surface area (Å²) >= 11 is 0. The highest BCUT2D eigenvalue weighted by atomic mass is 16.5. The maximum Gasteiger partial charge on any atom is 0.118 e. The van der Waals surface area contributed by atoms with Gasteiger partial charge in [0.15, 0.2) is 0 Å². The Morgan fingerprint density at radius 3 is 2.79 bits per heavy atom. The van der Waals surface area contributed by atoms with Crippen molar-refractivity contribution in [2.45, 2.75) is 20.1 Å². The molecule has 1 aromatic rings. The smallest absolute Gasteiger partial charge is 0.118 e. The van der Waals surface area contributed by atoms with Crippen LogP contribution in [0.2, 0.25) is 0 Å². The minimum absolute atomic E-state index is 0.429. The molecule has 1 aromatic heterocycles. The van der Waals surface area contributed by atoms with Gasteiger partial charge in [-0.3, -0.25) is 0 Å². The molecule has 80 valence electrons.